The summed E-state index contributed by atoms with van der Waals surface area (Å²) in [6.07, 6.45) is 5.66. The second-order valence-corrected chi connectivity index (χ2v) is 10.1. The lowest BCUT2D eigenvalue weighted by atomic mass is 9.86. The highest BCUT2D eigenvalue weighted by atomic mass is 35.5. The third-order valence-corrected chi connectivity index (χ3v) is 7.70. The fourth-order valence-electron chi connectivity index (χ4n) is 4.99. The van der Waals surface area contributed by atoms with E-state index in [4.69, 9.17) is 27.9 Å². The number of morpholine rings is 1. The van der Waals surface area contributed by atoms with Crippen LogP contribution in [0.5, 0.6) is 0 Å². The number of anilines is 1. The maximum atomic E-state index is 12.6. The van der Waals surface area contributed by atoms with Crippen molar-refractivity contribution in [2.45, 2.75) is 44.8 Å². The molecular formula is C23H34Cl2N4O2. The Hall–Kier alpha value is -1.05. The van der Waals surface area contributed by atoms with E-state index in [0.29, 0.717) is 28.8 Å². The van der Waals surface area contributed by atoms with Crippen molar-refractivity contribution in [3.05, 3.63) is 28.2 Å². The molecular weight excluding hydrogens is 435 g/mol. The number of ether oxygens (including phenoxy) is 1. The Morgan fingerprint density at radius 2 is 1.81 bits per heavy atom. The molecule has 172 valence electrons. The van der Waals surface area contributed by atoms with Gasteiger partial charge in [-0.3, -0.25) is 9.80 Å². The maximum absolute atomic E-state index is 12.6. The summed E-state index contributed by atoms with van der Waals surface area (Å²) in [5, 5.41) is 3.83. The largest absolute Gasteiger partial charge is 0.374 e. The van der Waals surface area contributed by atoms with E-state index in [1.165, 1.54) is 25.7 Å². The van der Waals surface area contributed by atoms with Gasteiger partial charge in [0.1, 0.15) is 0 Å². The van der Waals surface area contributed by atoms with Gasteiger partial charge in [0.2, 0.25) is 0 Å². The van der Waals surface area contributed by atoms with Crippen LogP contribution in [0.2, 0.25) is 10.0 Å². The van der Waals surface area contributed by atoms with E-state index in [1.807, 2.05) is 4.90 Å². The Morgan fingerprint density at radius 1 is 1.06 bits per heavy atom. The van der Waals surface area contributed by atoms with Crippen molar-refractivity contribution in [2.24, 2.45) is 5.92 Å². The molecule has 1 aromatic carbocycles. The molecule has 1 aliphatic carbocycles. The molecule has 0 unspecified atom stereocenters. The van der Waals surface area contributed by atoms with Crippen LogP contribution in [-0.4, -0.2) is 85.3 Å². The van der Waals surface area contributed by atoms with Crippen LogP contribution < -0.4 is 5.32 Å². The third-order valence-electron chi connectivity index (χ3n) is 6.96. The normalized spacial score (nSPS) is 28.5. The minimum atomic E-state index is -0.0929. The standard InChI is InChI=1S/C23H34Cl2N4O2/c1-17-2-5-19(6-3-17)29-12-13-31-20(16-29)15-27-8-10-28(11-9-27)23(30)26-18-4-7-21(24)22(25)14-18/h4,7,14,17,19-20H,2-3,5-6,8-13,15-16H2,1H3,(H,26,30)/t17?,19?,20-/m0/s1. The number of carbonyl (C=O) groups excluding carboxylic acids is 1. The second-order valence-electron chi connectivity index (χ2n) is 9.25. The first-order valence-corrected chi connectivity index (χ1v) is 12.3. The van der Waals surface area contributed by atoms with E-state index in [1.54, 1.807) is 18.2 Å². The molecule has 2 amide bonds. The van der Waals surface area contributed by atoms with E-state index in [2.05, 4.69) is 22.0 Å². The maximum Gasteiger partial charge on any atom is 0.321 e. The molecule has 3 aliphatic rings. The fraction of sp³-hybridized carbons (Fsp3) is 0.696. The molecule has 1 N–H and O–H groups in total. The predicted molar refractivity (Wildman–Crippen MR) is 126 cm³/mol. The number of urea groups is 1. The molecule has 0 aromatic heterocycles. The minimum Gasteiger partial charge on any atom is -0.374 e. The quantitative estimate of drug-likeness (QED) is 0.709. The Kier molecular flexibility index (Phi) is 7.99. The third kappa shape index (κ3) is 6.26. The van der Waals surface area contributed by atoms with E-state index in [-0.39, 0.29) is 12.1 Å². The molecule has 1 atom stereocenters. The summed E-state index contributed by atoms with van der Waals surface area (Å²) >= 11 is 12.0. The summed E-state index contributed by atoms with van der Waals surface area (Å²) in [6, 6.07) is 5.78. The Morgan fingerprint density at radius 3 is 2.52 bits per heavy atom. The number of piperazine rings is 1. The van der Waals surface area contributed by atoms with Crippen molar-refractivity contribution in [1.29, 1.82) is 0 Å². The summed E-state index contributed by atoms with van der Waals surface area (Å²) in [6.45, 7) is 9.43. The van der Waals surface area contributed by atoms with Gasteiger partial charge in [0.15, 0.2) is 0 Å². The summed E-state index contributed by atoms with van der Waals surface area (Å²) in [5.74, 6) is 0.887. The molecule has 1 aromatic rings. The number of halogens is 2. The molecule has 0 radical (unpaired) electrons. The van der Waals surface area contributed by atoms with Gasteiger partial charge in [-0.15, -0.1) is 0 Å². The van der Waals surface area contributed by atoms with Gasteiger partial charge in [-0.1, -0.05) is 30.1 Å². The number of hydrogen-bond acceptors (Lipinski definition) is 4. The molecule has 0 spiro atoms. The number of nitrogens with one attached hydrogen (secondary N) is 1. The van der Waals surface area contributed by atoms with Crippen LogP contribution in [0.25, 0.3) is 0 Å². The first kappa shape index (κ1) is 23.1. The van der Waals surface area contributed by atoms with Gasteiger partial charge in [-0.25, -0.2) is 4.79 Å². The predicted octanol–water partition coefficient (Wildman–Crippen LogP) is 4.42. The van der Waals surface area contributed by atoms with Crippen LogP contribution in [0.1, 0.15) is 32.6 Å². The summed E-state index contributed by atoms with van der Waals surface area (Å²) in [7, 11) is 0. The summed E-state index contributed by atoms with van der Waals surface area (Å²) < 4.78 is 6.10. The van der Waals surface area contributed by atoms with Gasteiger partial charge in [0, 0.05) is 57.5 Å². The molecule has 0 bridgehead atoms. The van der Waals surface area contributed by atoms with E-state index in [0.717, 1.165) is 51.3 Å². The molecule has 4 rings (SSSR count). The molecule has 6 nitrogen and oxygen atoms in total. The smallest absolute Gasteiger partial charge is 0.321 e. The molecule has 1 saturated carbocycles. The van der Waals surface area contributed by atoms with Crippen LogP contribution in [-0.2, 0) is 4.74 Å². The molecule has 3 fully saturated rings. The summed E-state index contributed by atoms with van der Waals surface area (Å²) in [4.78, 5) is 19.5. The number of nitrogens with zero attached hydrogens (tertiary/aromatic N) is 3. The van der Waals surface area contributed by atoms with Crippen molar-refractivity contribution >= 4 is 34.9 Å². The summed E-state index contributed by atoms with van der Waals surface area (Å²) in [5.41, 5.74) is 0.662. The first-order valence-electron chi connectivity index (χ1n) is 11.6. The second kappa shape index (κ2) is 10.7. The topological polar surface area (TPSA) is 48.1 Å². The van der Waals surface area contributed by atoms with Crippen molar-refractivity contribution in [2.75, 3.05) is 57.7 Å². The van der Waals surface area contributed by atoms with E-state index >= 15 is 0 Å². The van der Waals surface area contributed by atoms with E-state index < -0.39 is 0 Å². The molecule has 8 heteroatoms. The van der Waals surface area contributed by atoms with Crippen molar-refractivity contribution in [3.8, 4) is 0 Å². The monoisotopic (exact) mass is 468 g/mol. The lowest BCUT2D eigenvalue weighted by molar-refractivity contribution is -0.0642. The van der Waals surface area contributed by atoms with Crippen molar-refractivity contribution < 1.29 is 9.53 Å². The van der Waals surface area contributed by atoms with Crippen LogP contribution in [0.4, 0.5) is 10.5 Å². The molecule has 2 aliphatic heterocycles. The highest BCUT2D eigenvalue weighted by molar-refractivity contribution is 6.42. The number of hydrogen-bond donors (Lipinski definition) is 1. The van der Waals surface area contributed by atoms with Crippen molar-refractivity contribution in [3.63, 3.8) is 0 Å². The van der Waals surface area contributed by atoms with Gasteiger partial charge in [0.05, 0.1) is 22.8 Å². The molecule has 31 heavy (non-hydrogen) atoms. The highest BCUT2D eigenvalue weighted by Gasteiger charge is 2.31. The van der Waals surface area contributed by atoms with Crippen LogP contribution in [0.3, 0.4) is 0 Å². The zero-order chi connectivity index (χ0) is 21.8. The molecule has 2 heterocycles. The SMILES string of the molecule is CC1CCC(N2CCO[C@@H](CN3CCN(C(=O)Nc4ccc(Cl)c(Cl)c4)CC3)C2)CC1. The zero-order valence-electron chi connectivity index (χ0n) is 18.4. The lowest BCUT2D eigenvalue weighted by Gasteiger charge is -2.43. The number of amides is 2. The van der Waals surface area contributed by atoms with Gasteiger partial charge in [-0.2, -0.15) is 0 Å². The van der Waals surface area contributed by atoms with E-state index in [9.17, 15) is 4.79 Å². The Bertz CT molecular complexity index is 749. The lowest BCUT2D eigenvalue weighted by Crippen LogP contribution is -2.55. The van der Waals surface area contributed by atoms with Gasteiger partial charge in [-0.05, 0) is 49.8 Å². The fourth-order valence-corrected chi connectivity index (χ4v) is 5.29. The Balaban J connectivity index is 1.20. The first-order chi connectivity index (χ1) is 15.0. The number of rotatable bonds is 4. The van der Waals surface area contributed by atoms with Gasteiger partial charge < -0.3 is 15.0 Å². The highest BCUT2D eigenvalue weighted by Crippen LogP contribution is 2.28. The zero-order valence-corrected chi connectivity index (χ0v) is 19.9. The van der Waals surface area contributed by atoms with Crippen LogP contribution >= 0.6 is 23.2 Å². The number of benzene rings is 1. The van der Waals surface area contributed by atoms with Crippen molar-refractivity contribution in [1.82, 2.24) is 14.7 Å². The number of carbonyl (C=O) groups is 1. The van der Waals surface area contributed by atoms with Crippen LogP contribution in [0.15, 0.2) is 18.2 Å². The van der Waals surface area contributed by atoms with Gasteiger partial charge >= 0.3 is 6.03 Å². The average Bonchev–Trinajstić information content (AvgIpc) is 2.77. The Labute approximate surface area is 195 Å². The molecule has 2 saturated heterocycles. The minimum absolute atomic E-state index is 0.0929. The van der Waals surface area contributed by atoms with Crippen LogP contribution in [0, 0.1) is 5.92 Å². The van der Waals surface area contributed by atoms with Gasteiger partial charge in [0.25, 0.3) is 0 Å². The average molecular weight is 469 g/mol.